The van der Waals surface area contributed by atoms with Crippen molar-refractivity contribution in [3.8, 4) is 6.01 Å². The smallest absolute Gasteiger partial charge is 0.337 e. The molecule has 0 radical (unpaired) electrons. The lowest BCUT2D eigenvalue weighted by Crippen LogP contribution is -2.03. The lowest BCUT2D eigenvalue weighted by Gasteiger charge is -2.09. The van der Waals surface area contributed by atoms with Gasteiger partial charge in [0.25, 0.3) is 5.78 Å². The van der Waals surface area contributed by atoms with Crippen LogP contribution in [0, 0.1) is 12.7 Å². The van der Waals surface area contributed by atoms with E-state index in [1.165, 1.54) is 16.6 Å². The van der Waals surface area contributed by atoms with Gasteiger partial charge in [0.05, 0.1) is 6.61 Å². The number of fused-ring (bicyclic) bond motifs is 1. The second kappa shape index (κ2) is 6.15. The van der Waals surface area contributed by atoms with Crippen LogP contribution in [0.1, 0.15) is 18.2 Å². The molecular formula is C15H15F2N5O. The summed E-state index contributed by atoms with van der Waals surface area (Å²) >= 11 is 0. The predicted molar refractivity (Wildman–Crippen MR) is 81.2 cm³/mol. The average Bonchev–Trinajstić information content (AvgIpc) is 2.90. The highest BCUT2D eigenvalue weighted by Gasteiger charge is 2.11. The number of hydrogen-bond donors (Lipinski definition) is 1. The van der Waals surface area contributed by atoms with Gasteiger partial charge in [-0.1, -0.05) is 6.07 Å². The molecule has 23 heavy (non-hydrogen) atoms. The van der Waals surface area contributed by atoms with Crippen LogP contribution in [0.3, 0.4) is 0 Å². The van der Waals surface area contributed by atoms with Crippen molar-refractivity contribution >= 4 is 17.3 Å². The average molecular weight is 319 g/mol. The van der Waals surface area contributed by atoms with Crippen molar-refractivity contribution in [3.63, 3.8) is 0 Å². The first-order valence-corrected chi connectivity index (χ1v) is 7.09. The number of benzene rings is 1. The molecule has 0 unspecified atom stereocenters. The molecular weight excluding hydrogens is 304 g/mol. The number of ether oxygens (including phenoxy) is 1. The molecule has 8 heteroatoms. The van der Waals surface area contributed by atoms with E-state index in [1.807, 2.05) is 13.8 Å². The van der Waals surface area contributed by atoms with Gasteiger partial charge >= 0.3 is 6.01 Å². The van der Waals surface area contributed by atoms with Crippen LogP contribution < -0.4 is 10.1 Å². The van der Waals surface area contributed by atoms with E-state index in [2.05, 4.69) is 20.4 Å². The number of rotatable bonds is 5. The maximum Gasteiger partial charge on any atom is 0.337 e. The highest BCUT2D eigenvalue weighted by Crippen LogP contribution is 2.21. The van der Waals surface area contributed by atoms with Crippen LogP contribution in [0.25, 0.3) is 5.78 Å². The van der Waals surface area contributed by atoms with Crippen LogP contribution in [0.4, 0.5) is 20.3 Å². The van der Waals surface area contributed by atoms with Gasteiger partial charge < -0.3 is 10.1 Å². The number of aromatic nitrogens is 4. The summed E-state index contributed by atoms with van der Waals surface area (Å²) in [5.41, 5.74) is 1.21. The van der Waals surface area contributed by atoms with E-state index in [1.54, 1.807) is 12.1 Å². The normalized spacial score (nSPS) is 11.0. The molecule has 0 aliphatic heterocycles. The second-order valence-electron chi connectivity index (χ2n) is 4.89. The van der Waals surface area contributed by atoms with Gasteiger partial charge in [-0.15, -0.1) is 5.10 Å². The van der Waals surface area contributed by atoms with Crippen molar-refractivity contribution in [1.29, 1.82) is 0 Å². The Labute approximate surface area is 131 Å². The number of halogens is 2. The number of hydrogen-bond acceptors (Lipinski definition) is 5. The molecule has 0 aliphatic carbocycles. The van der Waals surface area contributed by atoms with Crippen molar-refractivity contribution in [1.82, 2.24) is 19.6 Å². The fourth-order valence-electron chi connectivity index (χ4n) is 2.13. The molecule has 0 aliphatic rings. The Morgan fingerprint density at radius 1 is 1.26 bits per heavy atom. The maximum absolute atomic E-state index is 13.7. The Morgan fingerprint density at radius 3 is 2.78 bits per heavy atom. The van der Waals surface area contributed by atoms with Crippen molar-refractivity contribution < 1.29 is 13.5 Å². The SMILES string of the molecule is CCOc1nc2nc(C)cc(Nc3ccc(CF)c(F)c3)n2n1. The van der Waals surface area contributed by atoms with E-state index >= 15 is 0 Å². The molecule has 0 fully saturated rings. The van der Waals surface area contributed by atoms with E-state index in [0.717, 1.165) is 5.69 Å². The third-order valence-electron chi connectivity index (χ3n) is 3.16. The maximum atomic E-state index is 13.7. The van der Waals surface area contributed by atoms with Gasteiger partial charge in [-0.2, -0.15) is 9.50 Å². The fourth-order valence-corrected chi connectivity index (χ4v) is 2.13. The molecule has 0 bridgehead atoms. The topological polar surface area (TPSA) is 64.3 Å². The highest BCUT2D eigenvalue weighted by molar-refractivity contribution is 5.59. The van der Waals surface area contributed by atoms with Crippen molar-refractivity contribution in [3.05, 3.63) is 41.3 Å². The van der Waals surface area contributed by atoms with Crippen LogP contribution in [0.15, 0.2) is 24.3 Å². The summed E-state index contributed by atoms with van der Waals surface area (Å²) in [5.74, 6) is 0.322. The van der Waals surface area contributed by atoms with E-state index in [0.29, 0.717) is 23.9 Å². The van der Waals surface area contributed by atoms with E-state index in [-0.39, 0.29) is 11.6 Å². The van der Waals surface area contributed by atoms with E-state index < -0.39 is 12.5 Å². The molecule has 120 valence electrons. The van der Waals surface area contributed by atoms with Gasteiger partial charge in [0.15, 0.2) is 0 Å². The third-order valence-corrected chi connectivity index (χ3v) is 3.16. The zero-order valence-electron chi connectivity index (χ0n) is 12.7. The number of nitrogens with one attached hydrogen (secondary N) is 1. The summed E-state index contributed by atoms with van der Waals surface area (Å²) in [6.07, 6.45) is 0. The molecule has 3 aromatic rings. The van der Waals surface area contributed by atoms with Crippen LogP contribution in [-0.2, 0) is 6.67 Å². The molecule has 2 aromatic heterocycles. The highest BCUT2D eigenvalue weighted by atomic mass is 19.1. The van der Waals surface area contributed by atoms with Gasteiger partial charge in [0.1, 0.15) is 18.3 Å². The molecule has 2 heterocycles. The molecule has 0 spiro atoms. The molecule has 0 amide bonds. The minimum Gasteiger partial charge on any atom is -0.463 e. The van der Waals surface area contributed by atoms with E-state index in [4.69, 9.17) is 4.74 Å². The summed E-state index contributed by atoms with van der Waals surface area (Å²) in [6, 6.07) is 6.19. The number of aryl methyl sites for hydroxylation is 1. The Hall–Kier alpha value is -2.77. The lowest BCUT2D eigenvalue weighted by atomic mass is 10.2. The van der Waals surface area contributed by atoms with Crippen molar-refractivity contribution in [2.24, 2.45) is 0 Å². The quantitative estimate of drug-likeness (QED) is 0.782. The van der Waals surface area contributed by atoms with Crippen LogP contribution in [0.5, 0.6) is 6.01 Å². The summed E-state index contributed by atoms with van der Waals surface area (Å²) in [7, 11) is 0. The standard InChI is InChI=1S/C15H15F2N5O/c1-3-23-15-20-14-18-9(2)6-13(22(14)21-15)19-11-5-4-10(8-16)12(17)7-11/h4-7,19H,3,8H2,1-2H3. The minimum atomic E-state index is -0.842. The summed E-state index contributed by atoms with van der Waals surface area (Å²) in [6.45, 7) is 3.24. The lowest BCUT2D eigenvalue weighted by molar-refractivity contribution is 0.313. The van der Waals surface area contributed by atoms with Gasteiger partial charge in [-0.25, -0.2) is 13.8 Å². The molecule has 1 aromatic carbocycles. The summed E-state index contributed by atoms with van der Waals surface area (Å²) < 4.78 is 33.0. The zero-order valence-corrected chi connectivity index (χ0v) is 12.7. The third kappa shape index (κ3) is 3.05. The van der Waals surface area contributed by atoms with Crippen LogP contribution >= 0.6 is 0 Å². The van der Waals surface area contributed by atoms with Crippen molar-refractivity contribution in [2.75, 3.05) is 11.9 Å². The molecule has 0 saturated heterocycles. The Bertz CT molecular complexity index is 849. The molecule has 1 N–H and O–H groups in total. The second-order valence-corrected chi connectivity index (χ2v) is 4.89. The number of anilines is 2. The number of alkyl halides is 1. The van der Waals surface area contributed by atoms with Gasteiger partial charge in [0.2, 0.25) is 0 Å². The van der Waals surface area contributed by atoms with Crippen molar-refractivity contribution in [2.45, 2.75) is 20.5 Å². The first-order valence-electron chi connectivity index (χ1n) is 7.09. The van der Waals surface area contributed by atoms with Crippen LogP contribution in [-0.4, -0.2) is 26.2 Å². The van der Waals surface area contributed by atoms with Crippen LogP contribution in [0.2, 0.25) is 0 Å². The van der Waals surface area contributed by atoms with E-state index in [9.17, 15) is 8.78 Å². The first-order chi connectivity index (χ1) is 11.1. The summed E-state index contributed by atoms with van der Waals surface area (Å²) in [4.78, 5) is 8.44. The fraction of sp³-hybridized carbons (Fsp3) is 0.267. The predicted octanol–water partition coefficient (Wildman–Crippen LogP) is 3.18. The summed E-state index contributed by atoms with van der Waals surface area (Å²) in [5, 5.41) is 7.24. The van der Waals surface area contributed by atoms with Gasteiger partial charge in [-0.3, -0.25) is 0 Å². The Balaban J connectivity index is 2.00. The molecule has 0 atom stereocenters. The largest absolute Gasteiger partial charge is 0.463 e. The Morgan fingerprint density at radius 2 is 2.09 bits per heavy atom. The number of nitrogens with zero attached hydrogens (tertiary/aromatic N) is 4. The monoisotopic (exact) mass is 319 g/mol. The first kappa shape index (κ1) is 15.1. The molecule has 0 saturated carbocycles. The molecule has 3 rings (SSSR count). The zero-order chi connectivity index (χ0) is 16.4. The minimum absolute atomic E-state index is 0.0194. The molecule has 6 nitrogen and oxygen atoms in total. The Kier molecular flexibility index (Phi) is 4.05. The van der Waals surface area contributed by atoms with Gasteiger partial charge in [0, 0.05) is 23.0 Å². The van der Waals surface area contributed by atoms with Gasteiger partial charge in [-0.05, 0) is 26.0 Å².